The number of ether oxygens (including phenoxy) is 1. The molecule has 1 unspecified atom stereocenters. The van der Waals surface area contributed by atoms with E-state index in [-0.39, 0.29) is 36.2 Å². The molecule has 0 radical (unpaired) electrons. The lowest BCUT2D eigenvalue weighted by atomic mass is 10.1. The molecule has 2 aliphatic rings. The molecule has 1 atom stereocenters. The Morgan fingerprint density at radius 2 is 2.03 bits per heavy atom. The largest absolute Gasteiger partial charge is 0.491 e. The van der Waals surface area contributed by atoms with Crippen molar-refractivity contribution < 1.29 is 18.3 Å². The average Bonchev–Trinajstić information content (AvgIpc) is 3.11. The summed E-state index contributed by atoms with van der Waals surface area (Å²) in [6.07, 6.45) is 1.55. The number of carbonyl (C=O) groups excluding carboxylic acids is 1. The van der Waals surface area contributed by atoms with Gasteiger partial charge in [0.1, 0.15) is 11.6 Å². The zero-order valence-electron chi connectivity index (χ0n) is 16.4. The fourth-order valence-electron chi connectivity index (χ4n) is 4.36. The van der Waals surface area contributed by atoms with Crippen LogP contribution in [-0.4, -0.2) is 35.6 Å². The Labute approximate surface area is 167 Å². The molecule has 0 aliphatic carbocycles. The first kappa shape index (κ1) is 19.6. The minimum absolute atomic E-state index is 0.0635. The normalized spacial score (nSPS) is 17.6. The second-order valence-electron chi connectivity index (χ2n) is 7.38. The first-order valence-electron chi connectivity index (χ1n) is 9.74. The van der Waals surface area contributed by atoms with E-state index in [2.05, 4.69) is 5.32 Å². The maximum absolute atomic E-state index is 13.9. The number of amides is 1. The van der Waals surface area contributed by atoms with Crippen LogP contribution in [0.4, 0.5) is 8.78 Å². The van der Waals surface area contributed by atoms with Crippen molar-refractivity contribution in [3.63, 3.8) is 0 Å². The molecular weight excluding hydrogens is 380 g/mol. The maximum Gasteiger partial charge on any atom is 0.274 e. The second kappa shape index (κ2) is 7.59. The molecule has 6 nitrogen and oxygen atoms in total. The number of benzene rings is 1. The van der Waals surface area contributed by atoms with E-state index < -0.39 is 11.6 Å². The lowest BCUT2D eigenvalue weighted by Crippen LogP contribution is -2.44. The van der Waals surface area contributed by atoms with Crippen LogP contribution in [0.3, 0.4) is 0 Å². The standard InChI is InChI=1S/C21H23F2N3O3/c1-3-25-11-14-6-7-17-15(10-24-9-12-4-5-13(22)8-16(12)23)19(27)20(29-2)18(21(25)28)26(14)17/h4-5,8,14,24H,3,6-7,9-11H2,1-2H3. The van der Waals surface area contributed by atoms with Crippen LogP contribution in [0, 0.1) is 11.6 Å². The van der Waals surface area contributed by atoms with Gasteiger partial charge in [-0.1, -0.05) is 6.07 Å². The van der Waals surface area contributed by atoms with Crippen LogP contribution in [0.5, 0.6) is 5.75 Å². The molecule has 1 amide bonds. The fraction of sp³-hybridized carbons (Fsp3) is 0.429. The molecule has 4 rings (SSSR count). The number of methoxy groups -OCH3 is 1. The van der Waals surface area contributed by atoms with E-state index in [0.29, 0.717) is 36.3 Å². The molecule has 0 saturated heterocycles. The summed E-state index contributed by atoms with van der Waals surface area (Å²) >= 11 is 0. The quantitative estimate of drug-likeness (QED) is 0.805. The predicted octanol–water partition coefficient (Wildman–Crippen LogP) is 2.39. The number of aromatic nitrogens is 1. The van der Waals surface area contributed by atoms with Gasteiger partial charge in [0, 0.05) is 49.1 Å². The van der Waals surface area contributed by atoms with Gasteiger partial charge in [0.2, 0.25) is 5.43 Å². The minimum atomic E-state index is -0.632. The van der Waals surface area contributed by atoms with Gasteiger partial charge >= 0.3 is 0 Å². The van der Waals surface area contributed by atoms with E-state index in [4.69, 9.17) is 4.74 Å². The number of carbonyl (C=O) groups is 1. The molecule has 0 saturated carbocycles. The highest BCUT2D eigenvalue weighted by molar-refractivity contribution is 5.96. The summed E-state index contributed by atoms with van der Waals surface area (Å²) in [6, 6.07) is 3.54. The Balaban J connectivity index is 1.67. The molecule has 0 spiro atoms. The molecule has 1 aromatic heterocycles. The zero-order valence-corrected chi connectivity index (χ0v) is 16.4. The Morgan fingerprint density at radius 3 is 2.72 bits per heavy atom. The van der Waals surface area contributed by atoms with Crippen LogP contribution in [0.15, 0.2) is 23.0 Å². The number of nitrogens with zero attached hydrogens (tertiary/aromatic N) is 2. The molecule has 0 bridgehead atoms. The number of nitrogens with one attached hydrogen (secondary N) is 1. The fourth-order valence-corrected chi connectivity index (χ4v) is 4.36. The number of hydrogen-bond acceptors (Lipinski definition) is 4. The highest BCUT2D eigenvalue weighted by Gasteiger charge is 2.39. The van der Waals surface area contributed by atoms with Gasteiger partial charge in [0.15, 0.2) is 11.4 Å². The number of likely N-dealkylation sites (N-methyl/N-ethyl adjacent to an activating group) is 1. The molecule has 2 aromatic rings. The van der Waals surface area contributed by atoms with Crippen molar-refractivity contribution in [2.24, 2.45) is 0 Å². The minimum Gasteiger partial charge on any atom is -0.491 e. The molecular formula is C21H23F2N3O3. The van der Waals surface area contributed by atoms with E-state index in [1.807, 2.05) is 11.5 Å². The maximum atomic E-state index is 13.9. The number of pyridine rings is 1. The van der Waals surface area contributed by atoms with Crippen molar-refractivity contribution in [1.29, 1.82) is 0 Å². The van der Waals surface area contributed by atoms with Crippen molar-refractivity contribution in [1.82, 2.24) is 14.8 Å². The molecule has 2 aliphatic heterocycles. The molecule has 154 valence electrons. The van der Waals surface area contributed by atoms with Gasteiger partial charge in [-0.2, -0.15) is 0 Å². The monoisotopic (exact) mass is 403 g/mol. The molecule has 0 fully saturated rings. The number of hydrogen-bond donors (Lipinski definition) is 1. The number of rotatable bonds is 6. The van der Waals surface area contributed by atoms with Crippen LogP contribution in [0.2, 0.25) is 0 Å². The van der Waals surface area contributed by atoms with Gasteiger partial charge in [0.05, 0.1) is 13.2 Å². The van der Waals surface area contributed by atoms with Gasteiger partial charge in [0.25, 0.3) is 5.91 Å². The molecule has 1 aromatic carbocycles. The van der Waals surface area contributed by atoms with Crippen molar-refractivity contribution >= 4 is 5.91 Å². The molecule has 8 heteroatoms. The zero-order chi connectivity index (χ0) is 20.7. The third-order valence-corrected chi connectivity index (χ3v) is 5.79. The lowest BCUT2D eigenvalue weighted by Gasteiger charge is -2.34. The Morgan fingerprint density at radius 1 is 1.24 bits per heavy atom. The van der Waals surface area contributed by atoms with Gasteiger partial charge in [-0.05, 0) is 25.8 Å². The van der Waals surface area contributed by atoms with Gasteiger partial charge in [-0.15, -0.1) is 0 Å². The van der Waals surface area contributed by atoms with Crippen LogP contribution in [-0.2, 0) is 19.5 Å². The smallest absolute Gasteiger partial charge is 0.274 e. The highest BCUT2D eigenvalue weighted by atomic mass is 19.1. The van der Waals surface area contributed by atoms with Crippen LogP contribution in [0.1, 0.15) is 46.7 Å². The summed E-state index contributed by atoms with van der Waals surface area (Å²) in [7, 11) is 1.40. The summed E-state index contributed by atoms with van der Waals surface area (Å²) in [6.45, 7) is 3.48. The van der Waals surface area contributed by atoms with Gasteiger partial charge in [-0.3, -0.25) is 9.59 Å². The summed E-state index contributed by atoms with van der Waals surface area (Å²) in [5.74, 6) is -1.39. The van der Waals surface area contributed by atoms with E-state index >= 15 is 0 Å². The second-order valence-corrected chi connectivity index (χ2v) is 7.38. The highest BCUT2D eigenvalue weighted by Crippen LogP contribution is 2.36. The number of halogens is 2. The van der Waals surface area contributed by atoms with E-state index in [9.17, 15) is 18.4 Å². The Bertz CT molecular complexity index is 1030. The molecule has 1 N–H and O–H groups in total. The third kappa shape index (κ3) is 3.21. The van der Waals surface area contributed by atoms with Crippen LogP contribution >= 0.6 is 0 Å². The van der Waals surface area contributed by atoms with Gasteiger partial charge < -0.3 is 19.5 Å². The predicted molar refractivity (Wildman–Crippen MR) is 103 cm³/mol. The molecule has 29 heavy (non-hydrogen) atoms. The first-order chi connectivity index (χ1) is 14.0. The van der Waals surface area contributed by atoms with Crippen molar-refractivity contribution in [2.75, 3.05) is 20.2 Å². The topological polar surface area (TPSA) is 63.6 Å². The van der Waals surface area contributed by atoms with Crippen LogP contribution in [0.25, 0.3) is 0 Å². The summed E-state index contributed by atoms with van der Waals surface area (Å²) in [4.78, 5) is 27.7. The van der Waals surface area contributed by atoms with Crippen molar-refractivity contribution in [3.8, 4) is 5.75 Å². The van der Waals surface area contributed by atoms with Crippen molar-refractivity contribution in [3.05, 3.63) is 62.6 Å². The van der Waals surface area contributed by atoms with E-state index in [0.717, 1.165) is 18.2 Å². The average molecular weight is 403 g/mol. The first-order valence-corrected chi connectivity index (χ1v) is 9.74. The van der Waals surface area contributed by atoms with E-state index in [1.54, 1.807) is 4.90 Å². The van der Waals surface area contributed by atoms with Gasteiger partial charge in [-0.25, -0.2) is 8.78 Å². The SMILES string of the molecule is CCN1CC2CCc3c(CNCc4ccc(F)cc4F)c(=O)c(OC)c(n32)C1=O. The summed E-state index contributed by atoms with van der Waals surface area (Å²) < 4.78 is 34.3. The lowest BCUT2D eigenvalue weighted by molar-refractivity contribution is 0.0676. The summed E-state index contributed by atoms with van der Waals surface area (Å²) in [5, 5.41) is 3.07. The van der Waals surface area contributed by atoms with Crippen molar-refractivity contribution in [2.45, 2.75) is 38.9 Å². The third-order valence-electron chi connectivity index (χ3n) is 5.79. The molecule has 3 heterocycles. The van der Waals surface area contributed by atoms with E-state index in [1.165, 1.54) is 19.2 Å². The van der Waals surface area contributed by atoms with Crippen LogP contribution < -0.4 is 15.5 Å². The summed E-state index contributed by atoms with van der Waals surface area (Å²) in [5.41, 5.74) is 1.71. The Kier molecular flexibility index (Phi) is 5.12. The Hall–Kier alpha value is -2.74.